The molecular weight excluding hydrogens is 176 g/mol. The minimum atomic E-state index is -0.0140. The van der Waals surface area contributed by atoms with Crippen LogP contribution in [0.5, 0.6) is 0 Å². The van der Waals surface area contributed by atoms with Crippen molar-refractivity contribution < 1.29 is 4.79 Å². The molecule has 0 saturated carbocycles. The van der Waals surface area contributed by atoms with Gasteiger partial charge in [0.25, 0.3) is 0 Å². The molecule has 0 radical (unpaired) electrons. The van der Waals surface area contributed by atoms with E-state index in [-0.39, 0.29) is 17.4 Å². The summed E-state index contributed by atoms with van der Waals surface area (Å²) < 4.78 is 0. The second kappa shape index (κ2) is 4.30. The molecule has 3 nitrogen and oxygen atoms in total. The first-order valence-electron chi connectivity index (χ1n) is 5.42. The Morgan fingerprint density at radius 2 is 2.14 bits per heavy atom. The molecule has 0 aromatic heterocycles. The zero-order valence-electron chi connectivity index (χ0n) is 9.76. The predicted octanol–water partition coefficient (Wildman–Crippen LogP) is 1.24. The molecule has 1 N–H and O–H groups in total. The molecule has 0 aromatic rings. The smallest absolute Gasteiger partial charge is 0.239 e. The first kappa shape index (κ1) is 11.5. The molecule has 0 spiro atoms. The van der Waals surface area contributed by atoms with Gasteiger partial charge in [0.1, 0.15) is 0 Å². The minimum Gasteiger partial charge on any atom is -0.341 e. The number of amides is 1. The summed E-state index contributed by atoms with van der Waals surface area (Å²) >= 11 is 0. The third-order valence-electron chi connectivity index (χ3n) is 2.40. The predicted molar refractivity (Wildman–Crippen MR) is 58.1 cm³/mol. The molecule has 14 heavy (non-hydrogen) atoms. The Kier molecular flexibility index (Phi) is 3.53. The van der Waals surface area contributed by atoms with Crippen LogP contribution in [0.4, 0.5) is 0 Å². The van der Waals surface area contributed by atoms with Crippen molar-refractivity contribution in [1.82, 2.24) is 10.2 Å². The number of hydrogen-bond donors (Lipinski definition) is 1. The third kappa shape index (κ3) is 3.29. The van der Waals surface area contributed by atoms with Crippen molar-refractivity contribution in [3.05, 3.63) is 0 Å². The topological polar surface area (TPSA) is 32.3 Å². The molecule has 0 aromatic carbocycles. The Hall–Kier alpha value is -0.570. The van der Waals surface area contributed by atoms with Gasteiger partial charge in [-0.1, -0.05) is 20.8 Å². The molecule has 1 unspecified atom stereocenters. The molecule has 1 atom stereocenters. The average Bonchev–Trinajstić information content (AvgIpc) is 2.17. The Labute approximate surface area is 86.9 Å². The van der Waals surface area contributed by atoms with Crippen LogP contribution in [0.1, 0.15) is 34.1 Å². The maximum Gasteiger partial charge on any atom is 0.239 e. The summed E-state index contributed by atoms with van der Waals surface area (Å²) in [5, 5.41) is 3.22. The summed E-state index contributed by atoms with van der Waals surface area (Å²) in [5.41, 5.74) is 0.194. The minimum absolute atomic E-state index is 0.0140. The standard InChI is InChI=1S/C11H22N2O/c1-9-10(14)13(7-5-6-12-9)8-11(2,3)4/h9,12H,5-8H2,1-4H3. The molecule has 0 bridgehead atoms. The quantitative estimate of drug-likeness (QED) is 0.687. The lowest BCUT2D eigenvalue weighted by molar-refractivity contribution is -0.133. The summed E-state index contributed by atoms with van der Waals surface area (Å²) in [5.74, 6) is 0.248. The maximum atomic E-state index is 11.9. The number of carbonyl (C=O) groups is 1. The lowest BCUT2D eigenvalue weighted by atomic mass is 9.96. The maximum absolute atomic E-state index is 11.9. The summed E-state index contributed by atoms with van der Waals surface area (Å²) in [6.07, 6.45) is 1.06. The first-order valence-corrected chi connectivity index (χ1v) is 5.42. The Morgan fingerprint density at radius 3 is 2.71 bits per heavy atom. The Balaban J connectivity index is 2.61. The van der Waals surface area contributed by atoms with Crippen molar-refractivity contribution in [3.8, 4) is 0 Å². The van der Waals surface area contributed by atoms with E-state index in [0.717, 1.165) is 26.1 Å². The number of nitrogens with one attached hydrogen (secondary N) is 1. The average molecular weight is 198 g/mol. The van der Waals surface area contributed by atoms with Gasteiger partial charge in [-0.15, -0.1) is 0 Å². The van der Waals surface area contributed by atoms with Crippen molar-refractivity contribution in [3.63, 3.8) is 0 Å². The molecule has 1 rings (SSSR count). The molecule has 1 saturated heterocycles. The van der Waals surface area contributed by atoms with Crippen molar-refractivity contribution in [2.24, 2.45) is 5.41 Å². The van der Waals surface area contributed by atoms with Crippen LogP contribution in [-0.4, -0.2) is 36.5 Å². The Bertz CT molecular complexity index is 208. The van der Waals surface area contributed by atoms with E-state index in [1.54, 1.807) is 0 Å². The highest BCUT2D eigenvalue weighted by molar-refractivity contribution is 5.81. The summed E-state index contributed by atoms with van der Waals surface area (Å²) in [6, 6.07) is -0.0140. The fraction of sp³-hybridized carbons (Fsp3) is 0.909. The molecule has 1 amide bonds. The normalized spacial score (nSPS) is 25.0. The summed E-state index contributed by atoms with van der Waals surface area (Å²) in [4.78, 5) is 13.9. The number of hydrogen-bond acceptors (Lipinski definition) is 2. The Morgan fingerprint density at radius 1 is 1.50 bits per heavy atom. The molecule has 1 heterocycles. The van der Waals surface area contributed by atoms with Crippen LogP contribution in [0, 0.1) is 5.41 Å². The highest BCUT2D eigenvalue weighted by Gasteiger charge is 2.26. The van der Waals surface area contributed by atoms with E-state index in [0.29, 0.717) is 0 Å². The van der Waals surface area contributed by atoms with Gasteiger partial charge in [0, 0.05) is 13.1 Å². The fourth-order valence-corrected chi connectivity index (χ4v) is 1.79. The number of rotatable bonds is 1. The van der Waals surface area contributed by atoms with E-state index in [9.17, 15) is 4.79 Å². The molecule has 3 heteroatoms. The van der Waals surface area contributed by atoms with Gasteiger partial charge < -0.3 is 10.2 Å². The van der Waals surface area contributed by atoms with E-state index in [4.69, 9.17) is 0 Å². The molecular formula is C11H22N2O. The molecule has 1 aliphatic heterocycles. The molecule has 1 aliphatic rings. The van der Waals surface area contributed by atoms with E-state index in [1.807, 2.05) is 11.8 Å². The monoisotopic (exact) mass is 198 g/mol. The molecule has 82 valence electrons. The van der Waals surface area contributed by atoms with Gasteiger partial charge in [0.2, 0.25) is 5.91 Å². The van der Waals surface area contributed by atoms with Crippen molar-refractivity contribution in [1.29, 1.82) is 0 Å². The summed E-state index contributed by atoms with van der Waals surface area (Å²) in [6.45, 7) is 11.2. The SMILES string of the molecule is CC1NCCCN(CC(C)(C)C)C1=O. The zero-order chi connectivity index (χ0) is 10.8. The van der Waals surface area contributed by atoms with Crippen LogP contribution in [0.15, 0.2) is 0 Å². The van der Waals surface area contributed by atoms with Crippen LogP contribution < -0.4 is 5.32 Å². The van der Waals surface area contributed by atoms with Crippen molar-refractivity contribution >= 4 is 5.91 Å². The summed E-state index contributed by atoms with van der Waals surface area (Å²) in [7, 11) is 0. The number of carbonyl (C=O) groups excluding carboxylic acids is 1. The van der Waals surface area contributed by atoms with Crippen molar-refractivity contribution in [2.45, 2.75) is 40.2 Å². The van der Waals surface area contributed by atoms with Crippen LogP contribution >= 0.6 is 0 Å². The van der Waals surface area contributed by atoms with Crippen LogP contribution in [-0.2, 0) is 4.79 Å². The van der Waals surface area contributed by atoms with Gasteiger partial charge in [-0.2, -0.15) is 0 Å². The van der Waals surface area contributed by atoms with E-state index in [2.05, 4.69) is 26.1 Å². The zero-order valence-corrected chi connectivity index (χ0v) is 9.76. The van der Waals surface area contributed by atoms with Crippen molar-refractivity contribution in [2.75, 3.05) is 19.6 Å². The van der Waals surface area contributed by atoms with Gasteiger partial charge in [0.15, 0.2) is 0 Å². The molecule has 1 fully saturated rings. The highest BCUT2D eigenvalue weighted by Crippen LogP contribution is 2.16. The van der Waals surface area contributed by atoms with Gasteiger partial charge in [0.05, 0.1) is 6.04 Å². The fourth-order valence-electron chi connectivity index (χ4n) is 1.79. The third-order valence-corrected chi connectivity index (χ3v) is 2.40. The largest absolute Gasteiger partial charge is 0.341 e. The lowest BCUT2D eigenvalue weighted by Crippen LogP contribution is -2.44. The second-order valence-electron chi connectivity index (χ2n) is 5.35. The van der Waals surface area contributed by atoms with Gasteiger partial charge in [-0.25, -0.2) is 0 Å². The van der Waals surface area contributed by atoms with Crippen LogP contribution in [0.2, 0.25) is 0 Å². The van der Waals surface area contributed by atoms with E-state index >= 15 is 0 Å². The number of nitrogens with zero attached hydrogens (tertiary/aromatic N) is 1. The van der Waals surface area contributed by atoms with Gasteiger partial charge in [-0.05, 0) is 25.3 Å². The van der Waals surface area contributed by atoms with Gasteiger partial charge in [-0.3, -0.25) is 4.79 Å². The molecule has 0 aliphatic carbocycles. The lowest BCUT2D eigenvalue weighted by Gasteiger charge is -2.30. The van der Waals surface area contributed by atoms with E-state index < -0.39 is 0 Å². The van der Waals surface area contributed by atoms with E-state index in [1.165, 1.54) is 0 Å². The van der Waals surface area contributed by atoms with Crippen LogP contribution in [0.25, 0.3) is 0 Å². The van der Waals surface area contributed by atoms with Crippen LogP contribution in [0.3, 0.4) is 0 Å². The highest BCUT2D eigenvalue weighted by atomic mass is 16.2. The second-order valence-corrected chi connectivity index (χ2v) is 5.35. The van der Waals surface area contributed by atoms with Gasteiger partial charge >= 0.3 is 0 Å². The first-order chi connectivity index (χ1) is 6.40.